The van der Waals surface area contributed by atoms with Crippen LogP contribution in [-0.2, 0) is 52.4 Å². The molecule has 0 saturated carbocycles. The molecule has 3 aliphatic heterocycles. The highest BCUT2D eigenvalue weighted by Crippen LogP contribution is 2.39. The fourth-order valence-electron chi connectivity index (χ4n) is 7.65. The zero-order valence-corrected chi connectivity index (χ0v) is 35.6. The predicted octanol–water partition coefficient (Wildman–Crippen LogP) is -11.3. The number of carboxylic acid groups (broad SMARTS) is 2. The van der Waals surface area contributed by atoms with Crippen molar-refractivity contribution in [3.63, 3.8) is 0 Å². The van der Waals surface area contributed by atoms with Gasteiger partial charge in [0.15, 0.2) is 6.29 Å². The molecule has 0 aromatic carbocycles. The van der Waals surface area contributed by atoms with Crippen molar-refractivity contribution in [3.05, 3.63) is 0 Å². The van der Waals surface area contributed by atoms with Crippen LogP contribution in [0.1, 0.15) is 33.6 Å². The molecule has 3 amide bonds. The third-order valence-electron chi connectivity index (χ3n) is 11.0. The molecule has 3 rings (SSSR count). The minimum absolute atomic E-state index is 0.821. The quantitative estimate of drug-likeness (QED) is 0.0452. The number of aliphatic carboxylic acids is 2. The molecular weight excluding hydrogens is 906 g/mol. The number of rotatable bonds is 23. The molecule has 66 heavy (non-hydrogen) atoms. The summed E-state index contributed by atoms with van der Waals surface area (Å²) in [4.78, 5) is 61.6. The normalized spacial score (nSPS) is 36.3. The van der Waals surface area contributed by atoms with Gasteiger partial charge in [0.05, 0.1) is 63.4 Å². The average Bonchev–Trinajstić information content (AvgIpc) is 3.25. The van der Waals surface area contributed by atoms with Crippen molar-refractivity contribution in [2.45, 2.75) is 161 Å². The van der Waals surface area contributed by atoms with Crippen LogP contribution in [0.5, 0.6) is 0 Å². The van der Waals surface area contributed by atoms with E-state index in [1.807, 2.05) is 0 Å². The molecule has 0 unspecified atom stereocenters. The van der Waals surface area contributed by atoms with E-state index in [0.29, 0.717) is 0 Å². The van der Waals surface area contributed by atoms with Gasteiger partial charge >= 0.3 is 11.9 Å². The molecule has 30 nitrogen and oxygen atoms in total. The lowest BCUT2D eigenvalue weighted by Gasteiger charge is -2.50. The van der Waals surface area contributed by atoms with Gasteiger partial charge < -0.3 is 126 Å². The van der Waals surface area contributed by atoms with E-state index in [9.17, 15) is 106 Å². The molecule has 0 aromatic heterocycles. The van der Waals surface area contributed by atoms with Gasteiger partial charge in [0.2, 0.25) is 17.7 Å². The maximum atomic E-state index is 12.9. The standard InChI is InChI=1S/C36H61N3O27/c1-11(44)37-14(6-40)23(52)28(19(51)10-61-35(33(57)58)4-15(47)21(38-12(2)45)29(64-35)24(53)17(49)7-41)63-32-27(56)31(26(55)20(9-43)62-32)66-36(34(59)60)5-16(48)22(39-13(3)46)30(65-36)25(54)18(50)8-42/h14-32,40-43,47-56H,4-10H2,1-3H3,(H,37,44)(H,38,45)(H,39,46)(H,57,58)(H,59,60)/t14-,15-,16-,17+,18+,19+,20+,21+,22+,23+,24+,25+,26-,27+,28-,29+,30+,31-,32-,35+,36-/m0/s1. The van der Waals surface area contributed by atoms with Crippen molar-refractivity contribution in [1.82, 2.24) is 16.0 Å². The van der Waals surface area contributed by atoms with Gasteiger partial charge in [-0.1, -0.05) is 0 Å². The summed E-state index contributed by atoms with van der Waals surface area (Å²) in [7, 11) is 0. The van der Waals surface area contributed by atoms with Crippen molar-refractivity contribution in [3.8, 4) is 0 Å². The number of hydrogen-bond acceptors (Lipinski definition) is 25. The molecule has 0 bridgehead atoms. The highest BCUT2D eigenvalue weighted by atomic mass is 16.8. The molecule has 3 saturated heterocycles. The molecule has 3 fully saturated rings. The van der Waals surface area contributed by atoms with Crippen molar-refractivity contribution in [2.75, 3.05) is 33.0 Å². The first-order valence-corrected chi connectivity index (χ1v) is 20.3. The summed E-state index contributed by atoms with van der Waals surface area (Å²) in [6, 6.07) is -5.10. The second-order valence-electron chi connectivity index (χ2n) is 16.0. The molecule has 21 atom stereocenters. The van der Waals surface area contributed by atoms with E-state index >= 15 is 0 Å². The Hall–Kier alpha value is -3.45. The molecule has 19 N–H and O–H groups in total. The Labute approximate surface area is 373 Å². The van der Waals surface area contributed by atoms with Crippen LogP contribution in [0, 0.1) is 0 Å². The zero-order chi connectivity index (χ0) is 50.2. The van der Waals surface area contributed by atoms with Crippen molar-refractivity contribution in [2.24, 2.45) is 0 Å². The highest BCUT2D eigenvalue weighted by molar-refractivity contribution is 5.77. The third-order valence-corrected chi connectivity index (χ3v) is 11.0. The van der Waals surface area contributed by atoms with Gasteiger partial charge in [-0.05, 0) is 0 Å². The van der Waals surface area contributed by atoms with Crippen LogP contribution in [0.2, 0.25) is 0 Å². The monoisotopic (exact) mass is 967 g/mol. The number of amides is 3. The van der Waals surface area contributed by atoms with Gasteiger partial charge in [-0.2, -0.15) is 0 Å². The van der Waals surface area contributed by atoms with Gasteiger partial charge in [-0.15, -0.1) is 0 Å². The zero-order valence-electron chi connectivity index (χ0n) is 35.6. The first-order valence-electron chi connectivity index (χ1n) is 20.3. The predicted molar refractivity (Wildman–Crippen MR) is 205 cm³/mol. The van der Waals surface area contributed by atoms with Crippen LogP contribution in [0.3, 0.4) is 0 Å². The number of carbonyl (C=O) groups excluding carboxylic acids is 3. The van der Waals surface area contributed by atoms with Crippen molar-refractivity contribution >= 4 is 29.7 Å². The second-order valence-corrected chi connectivity index (χ2v) is 16.0. The molecule has 0 radical (unpaired) electrons. The summed E-state index contributed by atoms with van der Waals surface area (Å²) in [6.07, 6.45) is -37.6. The summed E-state index contributed by atoms with van der Waals surface area (Å²) >= 11 is 0. The van der Waals surface area contributed by atoms with Gasteiger partial charge in [0.25, 0.3) is 11.6 Å². The molecule has 30 heteroatoms. The minimum atomic E-state index is -3.24. The van der Waals surface area contributed by atoms with E-state index in [-0.39, 0.29) is 0 Å². The SMILES string of the molecule is CC(=O)N[C@H]1[C@H]([C@H](O)[C@H](O)CO)O[C@@](OC[C@@H](O)[C@H](O[C@@H]2O[C@H](CO)[C@H](O)[C@H](O[C@]3(C(=O)O)C[C@H](O)[C@@H](NC(C)=O)[C@H]([C@H](O)[C@H](O)CO)O3)[C@H]2O)[C@H](O)[C@H](CO)NC(C)=O)(C(=O)O)C[C@@H]1O. The molecule has 0 aliphatic carbocycles. The number of ether oxygens (including phenoxy) is 6. The number of carboxylic acids is 2. The average molecular weight is 968 g/mol. The van der Waals surface area contributed by atoms with E-state index < -0.39 is 203 Å². The van der Waals surface area contributed by atoms with Crippen LogP contribution < -0.4 is 16.0 Å². The van der Waals surface area contributed by atoms with Gasteiger partial charge in [-0.25, -0.2) is 9.59 Å². The van der Waals surface area contributed by atoms with Crippen molar-refractivity contribution in [1.29, 1.82) is 0 Å². The van der Waals surface area contributed by atoms with Gasteiger partial charge in [0.1, 0.15) is 79.4 Å². The van der Waals surface area contributed by atoms with Crippen LogP contribution in [0.4, 0.5) is 0 Å². The lowest BCUT2D eigenvalue weighted by molar-refractivity contribution is -0.377. The molecule has 0 spiro atoms. The van der Waals surface area contributed by atoms with Crippen LogP contribution in [-0.4, -0.2) is 272 Å². The Bertz CT molecular complexity index is 1630. The van der Waals surface area contributed by atoms with E-state index in [1.54, 1.807) is 0 Å². The summed E-state index contributed by atoms with van der Waals surface area (Å²) in [5.41, 5.74) is 0. The summed E-state index contributed by atoms with van der Waals surface area (Å²) in [6.45, 7) is -3.04. The number of aliphatic hydroxyl groups is 14. The second kappa shape index (κ2) is 24.2. The Morgan fingerprint density at radius 2 is 1.14 bits per heavy atom. The lowest BCUT2D eigenvalue weighted by Crippen LogP contribution is -2.70. The number of aliphatic hydroxyl groups excluding tert-OH is 14. The summed E-state index contributed by atoms with van der Waals surface area (Å²) < 4.78 is 33.3. The number of nitrogens with one attached hydrogen (secondary N) is 3. The summed E-state index contributed by atoms with van der Waals surface area (Å²) in [5.74, 6) is -13.0. The minimum Gasteiger partial charge on any atom is -0.477 e. The molecule has 0 aromatic rings. The van der Waals surface area contributed by atoms with Crippen molar-refractivity contribution < 1.29 is 134 Å². The van der Waals surface area contributed by atoms with Gasteiger partial charge in [0, 0.05) is 33.6 Å². The number of carbonyl (C=O) groups is 5. The van der Waals surface area contributed by atoms with Crippen LogP contribution in [0.25, 0.3) is 0 Å². The molecule has 3 heterocycles. The first kappa shape index (κ1) is 56.9. The fraction of sp³-hybridized carbons (Fsp3) is 0.861. The fourth-order valence-corrected chi connectivity index (χ4v) is 7.65. The highest BCUT2D eigenvalue weighted by Gasteiger charge is 2.60. The smallest absolute Gasteiger partial charge is 0.364 e. The van der Waals surface area contributed by atoms with E-state index in [0.717, 1.165) is 20.8 Å². The third kappa shape index (κ3) is 13.2. The largest absolute Gasteiger partial charge is 0.477 e. The molecule has 3 aliphatic rings. The Morgan fingerprint density at radius 3 is 1.55 bits per heavy atom. The Balaban J connectivity index is 2.06. The first-order chi connectivity index (χ1) is 30.7. The Morgan fingerprint density at radius 1 is 0.667 bits per heavy atom. The van der Waals surface area contributed by atoms with Crippen LogP contribution >= 0.6 is 0 Å². The Kier molecular flexibility index (Phi) is 20.9. The number of hydrogen-bond donors (Lipinski definition) is 19. The summed E-state index contributed by atoms with van der Waals surface area (Å²) in [5, 5.41) is 176. The maximum absolute atomic E-state index is 12.9. The topological polar surface area (TPSA) is 501 Å². The lowest BCUT2D eigenvalue weighted by atomic mass is 9.88. The van der Waals surface area contributed by atoms with E-state index in [1.165, 1.54) is 0 Å². The molecule has 382 valence electrons. The van der Waals surface area contributed by atoms with Crippen LogP contribution in [0.15, 0.2) is 0 Å². The molecular formula is C36H61N3O27. The van der Waals surface area contributed by atoms with E-state index in [4.69, 9.17) is 28.4 Å². The van der Waals surface area contributed by atoms with E-state index in [2.05, 4.69) is 16.0 Å². The van der Waals surface area contributed by atoms with Gasteiger partial charge in [-0.3, -0.25) is 14.4 Å². The maximum Gasteiger partial charge on any atom is 0.364 e.